The van der Waals surface area contributed by atoms with Crippen LogP contribution >= 0.6 is 23.2 Å². The van der Waals surface area contributed by atoms with Crippen molar-refractivity contribution in [2.75, 3.05) is 37.7 Å². The molecule has 0 atom stereocenters. The third kappa shape index (κ3) is 5.60. The molecule has 1 aromatic heterocycles. The lowest BCUT2D eigenvalue weighted by atomic mass is 10.2. The van der Waals surface area contributed by atoms with Gasteiger partial charge in [0.25, 0.3) is 0 Å². The average Bonchev–Trinajstić information content (AvgIpc) is 2.83. The number of carbonyl (C=O) groups is 1. The predicted molar refractivity (Wildman–Crippen MR) is 132 cm³/mol. The van der Waals surface area contributed by atoms with Crippen molar-refractivity contribution in [3.05, 3.63) is 64.3 Å². The first kappa shape index (κ1) is 24.0. The Hall–Kier alpha value is -3.62. The van der Waals surface area contributed by atoms with Gasteiger partial charge in [-0.25, -0.2) is 4.98 Å². The number of nitrogens with two attached hydrogens (primary N) is 1. The highest BCUT2D eigenvalue weighted by molar-refractivity contribution is 6.38. The van der Waals surface area contributed by atoms with Crippen LogP contribution in [0.15, 0.2) is 48.7 Å². The number of hydrogen-bond acceptors (Lipinski definition) is 7. The topological polar surface area (TPSA) is 108 Å². The van der Waals surface area contributed by atoms with E-state index in [9.17, 15) is 4.79 Å². The van der Waals surface area contributed by atoms with Gasteiger partial charge in [0.1, 0.15) is 5.82 Å². The van der Waals surface area contributed by atoms with Gasteiger partial charge in [-0.05, 0) is 30.3 Å². The van der Waals surface area contributed by atoms with Crippen molar-refractivity contribution in [2.45, 2.75) is 0 Å². The van der Waals surface area contributed by atoms with Gasteiger partial charge in [0.05, 0.1) is 42.7 Å². The highest BCUT2D eigenvalue weighted by atomic mass is 35.5. The largest absolute Gasteiger partial charge is 0.493 e. The van der Waals surface area contributed by atoms with Gasteiger partial charge >= 0.3 is 0 Å². The molecule has 0 aliphatic heterocycles. The lowest BCUT2D eigenvalue weighted by molar-refractivity contribution is -0.111. The van der Waals surface area contributed by atoms with E-state index >= 15 is 0 Å². The standard InChI is InChI=1S/C23H22Cl2N4O4/c1-31-17-11-14(12-18(32-2)22(17)33-3)28-23-13(5-4-10-27-23)6-9-19(30)29-21-16(25)8-7-15(24)20(21)26/h4-12H,26H2,1-3H3,(H,27,28)(H,29,30)/b9-6+. The summed E-state index contributed by atoms with van der Waals surface area (Å²) >= 11 is 12.1. The fourth-order valence-electron chi connectivity index (χ4n) is 2.97. The number of benzene rings is 2. The Balaban J connectivity index is 1.84. The zero-order valence-electron chi connectivity index (χ0n) is 18.1. The van der Waals surface area contributed by atoms with Gasteiger partial charge < -0.3 is 30.6 Å². The zero-order valence-corrected chi connectivity index (χ0v) is 19.6. The maximum absolute atomic E-state index is 12.5. The van der Waals surface area contributed by atoms with Crippen LogP contribution in [0.5, 0.6) is 17.2 Å². The van der Waals surface area contributed by atoms with Crippen LogP contribution in [0.2, 0.25) is 10.0 Å². The number of amides is 1. The van der Waals surface area contributed by atoms with Crippen LogP contribution in [0.3, 0.4) is 0 Å². The molecule has 1 amide bonds. The lowest BCUT2D eigenvalue weighted by Crippen LogP contribution is -2.10. The first-order valence-corrected chi connectivity index (χ1v) is 10.4. The molecule has 33 heavy (non-hydrogen) atoms. The number of nitrogens with one attached hydrogen (secondary N) is 2. The monoisotopic (exact) mass is 488 g/mol. The van der Waals surface area contributed by atoms with Crippen LogP contribution in [0.4, 0.5) is 22.9 Å². The van der Waals surface area contributed by atoms with Gasteiger partial charge in [-0.15, -0.1) is 0 Å². The number of nitrogens with zero attached hydrogens (tertiary/aromatic N) is 1. The molecule has 0 aliphatic carbocycles. The molecule has 0 spiro atoms. The SMILES string of the molecule is COc1cc(Nc2ncccc2/C=C/C(=O)Nc2c(Cl)ccc(Cl)c2N)cc(OC)c1OC. The molecule has 0 saturated heterocycles. The van der Waals surface area contributed by atoms with E-state index in [0.717, 1.165) is 0 Å². The molecule has 172 valence electrons. The van der Waals surface area contributed by atoms with Crippen molar-refractivity contribution in [2.24, 2.45) is 0 Å². The Labute approximate surface area is 201 Å². The molecular formula is C23H22Cl2N4O4. The van der Waals surface area contributed by atoms with E-state index in [1.54, 1.807) is 48.7 Å². The van der Waals surface area contributed by atoms with E-state index in [2.05, 4.69) is 15.6 Å². The number of rotatable bonds is 8. The van der Waals surface area contributed by atoms with Crippen molar-refractivity contribution >= 4 is 58.1 Å². The highest BCUT2D eigenvalue weighted by Gasteiger charge is 2.14. The van der Waals surface area contributed by atoms with Crippen LogP contribution in [-0.4, -0.2) is 32.2 Å². The van der Waals surface area contributed by atoms with Crippen molar-refractivity contribution in [1.82, 2.24) is 4.98 Å². The maximum Gasteiger partial charge on any atom is 0.248 e. The molecule has 3 rings (SSSR count). The summed E-state index contributed by atoms with van der Waals surface area (Å²) < 4.78 is 16.1. The van der Waals surface area contributed by atoms with Gasteiger partial charge in [-0.1, -0.05) is 23.2 Å². The Kier molecular flexibility index (Phi) is 7.87. The van der Waals surface area contributed by atoms with E-state index in [1.165, 1.54) is 27.4 Å². The fraction of sp³-hybridized carbons (Fsp3) is 0.130. The lowest BCUT2D eigenvalue weighted by Gasteiger charge is -2.15. The molecule has 0 radical (unpaired) electrons. The van der Waals surface area contributed by atoms with Crippen molar-refractivity contribution in [3.63, 3.8) is 0 Å². The molecule has 0 unspecified atom stereocenters. The van der Waals surface area contributed by atoms with Crippen LogP contribution in [-0.2, 0) is 4.79 Å². The summed E-state index contributed by atoms with van der Waals surface area (Å²) in [6, 6.07) is 10.2. The minimum absolute atomic E-state index is 0.192. The number of nitrogen functional groups attached to an aromatic ring is 1. The number of aromatic nitrogens is 1. The van der Waals surface area contributed by atoms with Crippen molar-refractivity contribution < 1.29 is 19.0 Å². The number of carbonyl (C=O) groups excluding carboxylic acids is 1. The molecule has 2 aromatic carbocycles. The number of methoxy groups -OCH3 is 3. The Morgan fingerprint density at radius 1 is 1.03 bits per heavy atom. The van der Waals surface area contributed by atoms with Crippen molar-refractivity contribution in [1.29, 1.82) is 0 Å². The number of pyridine rings is 1. The van der Waals surface area contributed by atoms with Gasteiger partial charge in [0, 0.05) is 35.7 Å². The second-order valence-corrected chi connectivity index (χ2v) is 7.44. The zero-order chi connectivity index (χ0) is 24.0. The fourth-order valence-corrected chi connectivity index (χ4v) is 3.34. The molecule has 0 aliphatic rings. The summed E-state index contributed by atoms with van der Waals surface area (Å²) in [7, 11) is 4.60. The molecule has 4 N–H and O–H groups in total. The Morgan fingerprint density at radius 2 is 1.70 bits per heavy atom. The third-order valence-corrected chi connectivity index (χ3v) is 5.21. The predicted octanol–water partition coefficient (Wildman–Crippen LogP) is 5.39. The summed E-state index contributed by atoms with van der Waals surface area (Å²) in [4.78, 5) is 16.8. The highest BCUT2D eigenvalue weighted by Crippen LogP contribution is 2.40. The van der Waals surface area contributed by atoms with Gasteiger partial charge in [0.2, 0.25) is 11.7 Å². The Morgan fingerprint density at radius 3 is 2.33 bits per heavy atom. The minimum atomic E-state index is -0.437. The number of anilines is 4. The Bertz CT molecular complexity index is 1180. The summed E-state index contributed by atoms with van der Waals surface area (Å²) in [5.74, 6) is 1.53. The molecule has 0 bridgehead atoms. The normalized spacial score (nSPS) is 10.7. The molecule has 0 fully saturated rings. The van der Waals surface area contributed by atoms with E-state index in [4.69, 9.17) is 43.1 Å². The van der Waals surface area contributed by atoms with Gasteiger partial charge in [0.15, 0.2) is 11.5 Å². The van der Waals surface area contributed by atoms with E-state index < -0.39 is 5.91 Å². The molecule has 1 heterocycles. The molecular weight excluding hydrogens is 467 g/mol. The summed E-state index contributed by atoms with van der Waals surface area (Å²) in [5, 5.41) is 6.43. The molecule has 8 nitrogen and oxygen atoms in total. The van der Waals surface area contributed by atoms with Crippen LogP contribution < -0.4 is 30.6 Å². The molecule has 10 heteroatoms. The van der Waals surface area contributed by atoms with E-state index in [1.807, 2.05) is 0 Å². The van der Waals surface area contributed by atoms with E-state index in [0.29, 0.717) is 39.3 Å². The number of halogens is 2. The van der Waals surface area contributed by atoms with Gasteiger partial charge in [-0.3, -0.25) is 4.79 Å². The van der Waals surface area contributed by atoms with Gasteiger partial charge in [-0.2, -0.15) is 0 Å². The quantitative estimate of drug-likeness (QED) is 0.288. The van der Waals surface area contributed by atoms with Crippen LogP contribution in [0.25, 0.3) is 6.08 Å². The second-order valence-electron chi connectivity index (χ2n) is 6.62. The number of hydrogen-bond donors (Lipinski definition) is 3. The molecule has 3 aromatic rings. The average molecular weight is 489 g/mol. The van der Waals surface area contributed by atoms with Crippen molar-refractivity contribution in [3.8, 4) is 17.2 Å². The number of ether oxygens (including phenoxy) is 3. The van der Waals surface area contributed by atoms with E-state index in [-0.39, 0.29) is 16.4 Å². The smallest absolute Gasteiger partial charge is 0.248 e. The maximum atomic E-state index is 12.5. The minimum Gasteiger partial charge on any atom is -0.493 e. The first-order chi connectivity index (χ1) is 15.9. The second kappa shape index (κ2) is 10.8. The first-order valence-electron chi connectivity index (χ1n) is 9.62. The summed E-state index contributed by atoms with van der Waals surface area (Å²) in [6.45, 7) is 0. The third-order valence-electron chi connectivity index (χ3n) is 4.57. The van der Waals surface area contributed by atoms with Crippen LogP contribution in [0.1, 0.15) is 5.56 Å². The summed E-state index contributed by atoms with van der Waals surface area (Å²) in [6.07, 6.45) is 4.58. The molecule has 0 saturated carbocycles. The summed E-state index contributed by atoms with van der Waals surface area (Å²) in [5.41, 5.74) is 7.67. The van der Waals surface area contributed by atoms with Crippen LogP contribution in [0, 0.1) is 0 Å².